The van der Waals surface area contributed by atoms with Gasteiger partial charge in [-0.05, 0) is 70.4 Å². The van der Waals surface area contributed by atoms with E-state index in [9.17, 15) is 4.79 Å². The predicted octanol–water partition coefficient (Wildman–Crippen LogP) is 4.01. The second-order valence-electron chi connectivity index (χ2n) is 7.62. The number of nitrogens with one attached hydrogen (secondary N) is 3. The monoisotopic (exact) mass is 531 g/mol. The number of halogens is 1. The van der Waals surface area contributed by atoms with Crippen molar-refractivity contribution in [2.24, 2.45) is 4.99 Å². The summed E-state index contributed by atoms with van der Waals surface area (Å²) in [6.07, 6.45) is 3.19. The molecule has 2 atom stereocenters. The fourth-order valence-electron chi connectivity index (χ4n) is 3.08. The topological polar surface area (TPSA) is 68.8 Å². The average molecular weight is 532 g/mol. The number of benzene rings is 1. The highest BCUT2D eigenvalue weighted by Crippen LogP contribution is 2.06. The molecule has 0 aromatic heterocycles. The van der Waals surface area contributed by atoms with Gasteiger partial charge in [0.05, 0.1) is 0 Å². The Kier molecular flexibility index (Phi) is 15.6. The molecule has 0 fully saturated rings. The summed E-state index contributed by atoms with van der Waals surface area (Å²) in [5.74, 6) is 0.764. The second kappa shape index (κ2) is 16.4. The summed E-state index contributed by atoms with van der Waals surface area (Å²) in [5.41, 5.74) is 1.75. The molecule has 1 rings (SSSR count). The summed E-state index contributed by atoms with van der Waals surface area (Å²) >= 11 is 0. The van der Waals surface area contributed by atoms with Gasteiger partial charge in [-0.2, -0.15) is 0 Å². The third-order valence-corrected chi connectivity index (χ3v) is 5.25. The molecular formula is C23H42IN5O. The van der Waals surface area contributed by atoms with Gasteiger partial charge in [-0.3, -0.25) is 9.79 Å². The molecule has 0 spiro atoms. The van der Waals surface area contributed by atoms with E-state index in [0.29, 0.717) is 18.2 Å². The first-order chi connectivity index (χ1) is 13.9. The van der Waals surface area contributed by atoms with Gasteiger partial charge in [0, 0.05) is 31.2 Å². The molecule has 1 aromatic carbocycles. The molecule has 172 valence electrons. The molecule has 30 heavy (non-hydrogen) atoms. The minimum absolute atomic E-state index is 0. The zero-order valence-electron chi connectivity index (χ0n) is 19.6. The molecule has 0 aliphatic heterocycles. The Hall–Kier alpha value is -1.35. The highest BCUT2D eigenvalue weighted by molar-refractivity contribution is 14.0. The van der Waals surface area contributed by atoms with Crippen molar-refractivity contribution in [1.29, 1.82) is 0 Å². The maximum absolute atomic E-state index is 12.3. The summed E-state index contributed by atoms with van der Waals surface area (Å²) in [6, 6.07) is 8.26. The zero-order chi connectivity index (χ0) is 21.6. The molecule has 0 aliphatic carbocycles. The molecule has 0 saturated carbocycles. The number of carbonyl (C=O) groups excluding carboxylic acids is 1. The van der Waals surface area contributed by atoms with Gasteiger partial charge in [0.2, 0.25) is 0 Å². The highest BCUT2D eigenvalue weighted by atomic mass is 127. The van der Waals surface area contributed by atoms with E-state index in [2.05, 4.69) is 53.5 Å². The average Bonchev–Trinajstić information content (AvgIpc) is 2.74. The number of amides is 1. The van der Waals surface area contributed by atoms with Gasteiger partial charge < -0.3 is 20.9 Å². The number of nitrogens with zero attached hydrogens (tertiary/aromatic N) is 2. The number of carbonyl (C=O) groups is 1. The molecule has 0 radical (unpaired) electrons. The van der Waals surface area contributed by atoms with E-state index in [1.54, 1.807) is 7.05 Å². The smallest absolute Gasteiger partial charge is 0.251 e. The van der Waals surface area contributed by atoms with Gasteiger partial charge in [0.15, 0.2) is 5.96 Å². The maximum Gasteiger partial charge on any atom is 0.251 e. The Morgan fingerprint density at radius 3 is 2.40 bits per heavy atom. The van der Waals surface area contributed by atoms with E-state index < -0.39 is 0 Å². The van der Waals surface area contributed by atoms with Gasteiger partial charge in [-0.1, -0.05) is 32.9 Å². The quantitative estimate of drug-likeness (QED) is 0.217. The fourth-order valence-corrected chi connectivity index (χ4v) is 3.08. The van der Waals surface area contributed by atoms with Crippen molar-refractivity contribution < 1.29 is 4.79 Å². The van der Waals surface area contributed by atoms with Crippen LogP contribution in [0.15, 0.2) is 29.3 Å². The molecule has 2 unspecified atom stereocenters. The van der Waals surface area contributed by atoms with E-state index in [-0.39, 0.29) is 35.9 Å². The van der Waals surface area contributed by atoms with Crippen LogP contribution in [0, 0.1) is 0 Å². The zero-order valence-corrected chi connectivity index (χ0v) is 22.0. The van der Waals surface area contributed by atoms with Crippen molar-refractivity contribution in [2.75, 3.05) is 26.7 Å². The first-order valence-corrected chi connectivity index (χ1v) is 11.0. The Labute approximate surface area is 200 Å². The maximum atomic E-state index is 12.3. The Morgan fingerprint density at radius 2 is 1.80 bits per heavy atom. The van der Waals surface area contributed by atoms with E-state index in [4.69, 9.17) is 0 Å². The number of hydrogen-bond donors (Lipinski definition) is 3. The van der Waals surface area contributed by atoms with E-state index in [1.807, 2.05) is 31.2 Å². The Morgan fingerprint density at radius 1 is 1.10 bits per heavy atom. The number of guanidine groups is 1. The first kappa shape index (κ1) is 28.6. The fraction of sp³-hybridized carbons (Fsp3) is 0.652. The molecule has 0 aliphatic rings. The van der Waals surface area contributed by atoms with Crippen LogP contribution in [0.2, 0.25) is 0 Å². The minimum atomic E-state index is -0.0227. The van der Waals surface area contributed by atoms with E-state index in [1.165, 1.54) is 6.42 Å². The van der Waals surface area contributed by atoms with E-state index in [0.717, 1.165) is 44.0 Å². The second-order valence-corrected chi connectivity index (χ2v) is 7.62. The van der Waals surface area contributed by atoms with E-state index >= 15 is 0 Å². The van der Waals surface area contributed by atoms with Crippen LogP contribution in [0.3, 0.4) is 0 Å². The Balaban J connectivity index is 0.00000841. The van der Waals surface area contributed by atoms with Crippen LogP contribution in [-0.4, -0.2) is 55.5 Å². The largest absolute Gasteiger partial charge is 0.354 e. The molecule has 6 nitrogen and oxygen atoms in total. The standard InChI is InChI=1S/C23H41N5O.HI/c1-7-18(4)26-22(29)21-14-10-13-20(16-21)17-25-23(24-6)27-19(5)12-11-15-28(8-2)9-3;/h10,13-14,16,18-19H,7-9,11-12,15,17H2,1-6H3,(H,26,29)(H2,24,25,27);1H. The first-order valence-electron chi connectivity index (χ1n) is 11.0. The summed E-state index contributed by atoms with van der Waals surface area (Å²) in [7, 11) is 1.79. The van der Waals surface area contributed by atoms with Gasteiger partial charge in [-0.15, -0.1) is 24.0 Å². The van der Waals surface area contributed by atoms with Crippen molar-refractivity contribution in [3.8, 4) is 0 Å². The summed E-state index contributed by atoms with van der Waals surface area (Å²) < 4.78 is 0. The van der Waals surface area contributed by atoms with Crippen molar-refractivity contribution in [2.45, 2.75) is 72.5 Å². The molecule has 0 bridgehead atoms. The van der Waals surface area contributed by atoms with Crippen molar-refractivity contribution >= 4 is 35.8 Å². The molecule has 1 amide bonds. The number of rotatable bonds is 12. The lowest BCUT2D eigenvalue weighted by Gasteiger charge is -2.21. The van der Waals surface area contributed by atoms with Gasteiger partial charge in [0.25, 0.3) is 5.91 Å². The molecular weight excluding hydrogens is 489 g/mol. The van der Waals surface area contributed by atoms with Crippen LogP contribution >= 0.6 is 24.0 Å². The van der Waals surface area contributed by atoms with Crippen LogP contribution in [0.5, 0.6) is 0 Å². The SMILES string of the molecule is CCC(C)NC(=O)c1cccc(CNC(=NC)NC(C)CCCN(CC)CC)c1.I. The van der Waals surface area contributed by atoms with Crippen LogP contribution in [0.4, 0.5) is 0 Å². The van der Waals surface area contributed by atoms with Crippen LogP contribution in [0.1, 0.15) is 69.8 Å². The molecule has 3 N–H and O–H groups in total. The normalized spacial score (nSPS) is 13.4. The van der Waals surface area contributed by atoms with Crippen LogP contribution in [-0.2, 0) is 6.54 Å². The Bertz CT molecular complexity index is 634. The lowest BCUT2D eigenvalue weighted by molar-refractivity contribution is 0.0939. The lowest BCUT2D eigenvalue weighted by atomic mass is 10.1. The summed E-state index contributed by atoms with van der Waals surface area (Å²) in [4.78, 5) is 19.1. The van der Waals surface area contributed by atoms with Gasteiger partial charge in [0.1, 0.15) is 0 Å². The van der Waals surface area contributed by atoms with Crippen molar-refractivity contribution in [1.82, 2.24) is 20.9 Å². The highest BCUT2D eigenvalue weighted by Gasteiger charge is 2.10. The third-order valence-electron chi connectivity index (χ3n) is 5.25. The summed E-state index contributed by atoms with van der Waals surface area (Å²) in [6.45, 7) is 14.7. The van der Waals surface area contributed by atoms with Gasteiger partial charge >= 0.3 is 0 Å². The summed E-state index contributed by atoms with van der Waals surface area (Å²) in [5, 5.41) is 9.82. The molecule has 7 heteroatoms. The predicted molar refractivity (Wildman–Crippen MR) is 139 cm³/mol. The molecule has 0 heterocycles. The van der Waals surface area contributed by atoms with Crippen molar-refractivity contribution in [3.63, 3.8) is 0 Å². The van der Waals surface area contributed by atoms with Crippen molar-refractivity contribution in [3.05, 3.63) is 35.4 Å². The molecule has 1 aromatic rings. The van der Waals surface area contributed by atoms with Crippen LogP contribution < -0.4 is 16.0 Å². The lowest BCUT2D eigenvalue weighted by Crippen LogP contribution is -2.42. The van der Waals surface area contributed by atoms with Crippen LogP contribution in [0.25, 0.3) is 0 Å². The number of aliphatic imine (C=N–C) groups is 1. The number of hydrogen-bond acceptors (Lipinski definition) is 3. The molecule has 0 saturated heterocycles. The van der Waals surface area contributed by atoms with Gasteiger partial charge in [-0.25, -0.2) is 0 Å². The third kappa shape index (κ3) is 11.2. The minimum Gasteiger partial charge on any atom is -0.354 e.